The molecule has 1 amide bonds. The maximum Gasteiger partial charge on any atom is 0.211 e. The number of hydrogen-bond acceptors (Lipinski definition) is 2. The summed E-state index contributed by atoms with van der Waals surface area (Å²) < 4.78 is 5.85. The normalized spacial score (nSPS) is 10.7. The molecule has 2 aromatic carbocycles. The predicted octanol–water partition coefficient (Wildman–Crippen LogP) is 4.27. The highest BCUT2D eigenvalue weighted by Crippen LogP contribution is 2.31. The Morgan fingerprint density at radius 2 is 1.82 bits per heavy atom. The summed E-state index contributed by atoms with van der Waals surface area (Å²) in [6, 6.07) is 12.1. The maximum atomic E-state index is 10.7. The van der Waals surface area contributed by atoms with E-state index in [-0.39, 0.29) is 0 Å². The highest BCUT2D eigenvalue weighted by atomic mass is 16.5. The first-order valence-electron chi connectivity index (χ1n) is 7.29. The van der Waals surface area contributed by atoms with Crippen LogP contribution in [-0.2, 0) is 4.79 Å². The van der Waals surface area contributed by atoms with Crippen molar-refractivity contribution in [3.63, 3.8) is 0 Å². The van der Waals surface area contributed by atoms with E-state index in [2.05, 4.69) is 17.4 Å². The second-order valence-electron chi connectivity index (χ2n) is 5.20. The van der Waals surface area contributed by atoms with Crippen LogP contribution in [0.25, 0.3) is 6.08 Å². The van der Waals surface area contributed by atoms with Crippen molar-refractivity contribution in [1.29, 1.82) is 0 Å². The number of carbonyl (C=O) groups excluding carboxylic acids is 1. The van der Waals surface area contributed by atoms with Gasteiger partial charge in [-0.2, -0.15) is 0 Å². The summed E-state index contributed by atoms with van der Waals surface area (Å²) in [4.78, 5) is 10.7. The second-order valence-corrected chi connectivity index (χ2v) is 5.20. The number of rotatable bonds is 6. The van der Waals surface area contributed by atoms with E-state index in [0.29, 0.717) is 13.0 Å². The lowest BCUT2D eigenvalue weighted by Gasteiger charge is -2.15. The molecule has 0 aliphatic rings. The molecule has 22 heavy (non-hydrogen) atoms. The molecule has 0 saturated heterocycles. The van der Waals surface area contributed by atoms with Crippen LogP contribution < -0.4 is 10.1 Å². The van der Waals surface area contributed by atoms with E-state index in [1.165, 1.54) is 0 Å². The minimum atomic E-state index is 0.509. The molecular weight excluding hydrogens is 274 g/mol. The fourth-order valence-corrected chi connectivity index (χ4v) is 2.36. The first-order chi connectivity index (χ1) is 10.6. The SMILES string of the molecule is Cc1cc(OCC=Cc2ccccc2)c(C)c(C)c1NC=O. The van der Waals surface area contributed by atoms with Crippen molar-refractivity contribution in [2.45, 2.75) is 20.8 Å². The Labute approximate surface area is 131 Å². The summed E-state index contributed by atoms with van der Waals surface area (Å²) in [6.07, 6.45) is 4.74. The van der Waals surface area contributed by atoms with E-state index < -0.39 is 0 Å². The standard InChI is InChI=1S/C19H21NO2/c1-14-12-18(15(2)16(3)19(14)20-13-21)22-11-7-10-17-8-5-4-6-9-17/h4-10,12-13H,11H2,1-3H3,(H,20,21). The summed E-state index contributed by atoms with van der Waals surface area (Å²) in [5, 5.41) is 2.75. The molecule has 0 aromatic heterocycles. The van der Waals surface area contributed by atoms with Crippen LogP contribution in [0.3, 0.4) is 0 Å². The van der Waals surface area contributed by atoms with Crippen LogP contribution in [0.2, 0.25) is 0 Å². The molecule has 0 bridgehead atoms. The van der Waals surface area contributed by atoms with Crippen LogP contribution >= 0.6 is 0 Å². The van der Waals surface area contributed by atoms with Crippen LogP contribution in [0.15, 0.2) is 42.5 Å². The van der Waals surface area contributed by atoms with Crippen molar-refractivity contribution in [2.24, 2.45) is 0 Å². The fraction of sp³-hybridized carbons (Fsp3) is 0.211. The average molecular weight is 295 g/mol. The molecule has 0 radical (unpaired) electrons. The van der Waals surface area contributed by atoms with Crippen molar-refractivity contribution < 1.29 is 9.53 Å². The van der Waals surface area contributed by atoms with Gasteiger partial charge in [-0.1, -0.05) is 36.4 Å². The third-order valence-corrected chi connectivity index (χ3v) is 3.70. The summed E-state index contributed by atoms with van der Waals surface area (Å²) in [5.74, 6) is 0.851. The van der Waals surface area contributed by atoms with Gasteiger partial charge in [0.1, 0.15) is 12.4 Å². The van der Waals surface area contributed by atoms with Gasteiger partial charge < -0.3 is 10.1 Å². The van der Waals surface area contributed by atoms with E-state index in [1.807, 2.05) is 57.2 Å². The van der Waals surface area contributed by atoms with Gasteiger partial charge in [-0.3, -0.25) is 4.79 Å². The van der Waals surface area contributed by atoms with Crippen molar-refractivity contribution in [1.82, 2.24) is 0 Å². The molecule has 114 valence electrons. The number of benzene rings is 2. The van der Waals surface area contributed by atoms with E-state index >= 15 is 0 Å². The summed E-state index contributed by atoms with van der Waals surface area (Å²) >= 11 is 0. The monoisotopic (exact) mass is 295 g/mol. The number of nitrogens with one attached hydrogen (secondary N) is 1. The lowest BCUT2D eigenvalue weighted by atomic mass is 10.0. The van der Waals surface area contributed by atoms with Gasteiger partial charge in [-0.15, -0.1) is 0 Å². The van der Waals surface area contributed by atoms with Crippen molar-refractivity contribution in [3.8, 4) is 5.75 Å². The molecule has 0 atom stereocenters. The largest absolute Gasteiger partial charge is 0.489 e. The van der Waals surface area contributed by atoms with Gasteiger partial charge in [-0.25, -0.2) is 0 Å². The van der Waals surface area contributed by atoms with Gasteiger partial charge in [0.05, 0.1) is 0 Å². The van der Waals surface area contributed by atoms with Crippen LogP contribution in [0.1, 0.15) is 22.3 Å². The molecule has 0 aliphatic carbocycles. The zero-order valence-corrected chi connectivity index (χ0v) is 13.2. The van der Waals surface area contributed by atoms with E-state index in [4.69, 9.17) is 4.74 Å². The Morgan fingerprint density at radius 1 is 1.09 bits per heavy atom. The Morgan fingerprint density at radius 3 is 2.50 bits per heavy atom. The molecule has 3 heteroatoms. The lowest BCUT2D eigenvalue weighted by molar-refractivity contribution is -0.105. The molecule has 0 fully saturated rings. The molecule has 0 heterocycles. The first kappa shape index (κ1) is 15.8. The highest BCUT2D eigenvalue weighted by molar-refractivity contribution is 5.77. The van der Waals surface area contributed by atoms with Crippen LogP contribution in [0, 0.1) is 20.8 Å². The van der Waals surface area contributed by atoms with Gasteiger partial charge in [0.25, 0.3) is 0 Å². The molecule has 0 unspecified atom stereocenters. The van der Waals surface area contributed by atoms with Gasteiger partial charge in [-0.05, 0) is 55.2 Å². The Kier molecular flexibility index (Phi) is 5.37. The molecule has 3 nitrogen and oxygen atoms in total. The maximum absolute atomic E-state index is 10.7. The van der Waals surface area contributed by atoms with Crippen molar-refractivity contribution in [2.75, 3.05) is 11.9 Å². The quantitative estimate of drug-likeness (QED) is 0.808. The number of hydrogen-bond donors (Lipinski definition) is 1. The molecular formula is C19H21NO2. The number of anilines is 1. The zero-order valence-electron chi connectivity index (χ0n) is 13.2. The summed E-state index contributed by atoms with van der Waals surface area (Å²) in [7, 11) is 0. The van der Waals surface area contributed by atoms with Gasteiger partial charge >= 0.3 is 0 Å². The first-order valence-corrected chi connectivity index (χ1v) is 7.29. The Bertz CT molecular complexity index is 676. The van der Waals surface area contributed by atoms with Gasteiger partial charge in [0.2, 0.25) is 6.41 Å². The van der Waals surface area contributed by atoms with Gasteiger partial charge in [0.15, 0.2) is 0 Å². The van der Waals surface area contributed by atoms with E-state index in [0.717, 1.165) is 33.7 Å². The fourth-order valence-electron chi connectivity index (χ4n) is 2.36. The number of aryl methyl sites for hydroxylation is 1. The third-order valence-electron chi connectivity index (χ3n) is 3.70. The van der Waals surface area contributed by atoms with Crippen molar-refractivity contribution >= 4 is 18.2 Å². The highest BCUT2D eigenvalue weighted by Gasteiger charge is 2.10. The second kappa shape index (κ2) is 7.46. The molecule has 0 spiro atoms. The third kappa shape index (κ3) is 3.76. The van der Waals surface area contributed by atoms with E-state index in [1.54, 1.807) is 0 Å². The number of ether oxygens (including phenoxy) is 1. The van der Waals surface area contributed by atoms with Crippen LogP contribution in [0.5, 0.6) is 5.75 Å². The topological polar surface area (TPSA) is 38.3 Å². The summed E-state index contributed by atoms with van der Waals surface area (Å²) in [6.45, 7) is 6.46. The molecule has 0 saturated carbocycles. The van der Waals surface area contributed by atoms with Crippen LogP contribution in [-0.4, -0.2) is 13.0 Å². The number of amides is 1. The molecule has 2 rings (SSSR count). The Hall–Kier alpha value is -2.55. The summed E-state index contributed by atoms with van der Waals surface area (Å²) in [5.41, 5.74) is 5.09. The predicted molar refractivity (Wildman–Crippen MR) is 91.3 cm³/mol. The van der Waals surface area contributed by atoms with Crippen molar-refractivity contribution in [3.05, 3.63) is 64.7 Å². The molecule has 1 N–H and O–H groups in total. The smallest absolute Gasteiger partial charge is 0.211 e. The molecule has 2 aromatic rings. The van der Waals surface area contributed by atoms with E-state index in [9.17, 15) is 4.79 Å². The minimum Gasteiger partial charge on any atom is -0.489 e. The average Bonchev–Trinajstić information content (AvgIpc) is 2.53. The number of carbonyl (C=O) groups is 1. The minimum absolute atomic E-state index is 0.509. The molecule has 0 aliphatic heterocycles. The lowest BCUT2D eigenvalue weighted by Crippen LogP contribution is -2.04. The Balaban J connectivity index is 2.07. The zero-order chi connectivity index (χ0) is 15.9. The van der Waals surface area contributed by atoms with Crippen LogP contribution in [0.4, 0.5) is 5.69 Å². The van der Waals surface area contributed by atoms with Gasteiger partial charge in [0, 0.05) is 5.69 Å².